The van der Waals surface area contributed by atoms with Crippen LogP contribution in [0.2, 0.25) is 0 Å². The maximum atomic E-state index is 14.9. The topological polar surface area (TPSA) is 143 Å². The molecule has 0 unspecified atom stereocenters. The second kappa shape index (κ2) is 26.7. The number of thioether (sulfide) groups is 2. The Morgan fingerprint density at radius 3 is 1.36 bits per heavy atom. The van der Waals surface area contributed by atoms with Gasteiger partial charge >= 0.3 is 5.97 Å². The summed E-state index contributed by atoms with van der Waals surface area (Å²) in [5.74, 6) is -2.82. The van der Waals surface area contributed by atoms with Crippen LogP contribution in [0, 0.1) is 5.92 Å². The fraction of sp³-hybridized carbons (Fsp3) is 0.234. The van der Waals surface area contributed by atoms with E-state index in [2.05, 4.69) is 130 Å². The molecule has 7 aromatic rings. The van der Waals surface area contributed by atoms with Gasteiger partial charge in [-0.1, -0.05) is 232 Å². The molecule has 8 rings (SSSR count). The Bertz CT molecular complexity index is 2810. The summed E-state index contributed by atoms with van der Waals surface area (Å²) in [6, 6.07) is 67.1. The highest BCUT2D eigenvalue weighted by molar-refractivity contribution is 8.00. The number of ether oxygens (including phenoxy) is 1. The molecule has 0 spiro atoms. The third-order valence-electron chi connectivity index (χ3n) is 13.4. The predicted octanol–water partition coefficient (Wildman–Crippen LogP) is 10.2. The van der Waals surface area contributed by atoms with E-state index in [0.717, 1.165) is 38.9 Å². The van der Waals surface area contributed by atoms with E-state index in [9.17, 15) is 24.0 Å². The first kappa shape index (κ1) is 54.6. The van der Waals surface area contributed by atoms with Gasteiger partial charge in [0.1, 0.15) is 30.8 Å². The number of allylic oxidation sites excluding steroid dienone is 1. The maximum Gasteiger partial charge on any atom is 0.326 e. The number of benzene rings is 7. The van der Waals surface area contributed by atoms with Crippen molar-refractivity contribution in [1.82, 2.24) is 21.3 Å². The van der Waals surface area contributed by atoms with Gasteiger partial charge in [0.25, 0.3) is 0 Å². The highest BCUT2D eigenvalue weighted by Crippen LogP contribution is 2.50. The molecule has 0 bridgehead atoms. The van der Waals surface area contributed by atoms with Crippen LogP contribution < -0.4 is 21.3 Å². The van der Waals surface area contributed by atoms with Crippen molar-refractivity contribution in [1.29, 1.82) is 0 Å². The highest BCUT2D eigenvalue weighted by atomic mass is 32.2. The molecule has 4 atom stereocenters. The lowest BCUT2D eigenvalue weighted by atomic mass is 9.84. The smallest absolute Gasteiger partial charge is 0.326 e. The van der Waals surface area contributed by atoms with Gasteiger partial charge in [0.05, 0.1) is 15.9 Å². The number of rotatable bonds is 17. The fourth-order valence-corrected chi connectivity index (χ4v) is 12.7. The molecule has 1 aliphatic heterocycles. The van der Waals surface area contributed by atoms with E-state index in [-0.39, 0.29) is 18.6 Å². The zero-order valence-electron chi connectivity index (χ0n) is 42.8. The van der Waals surface area contributed by atoms with Crippen molar-refractivity contribution in [3.05, 3.63) is 263 Å². The summed E-state index contributed by atoms with van der Waals surface area (Å²) < 4.78 is 4.52. The molecular formula is C64H64N4O6S2. The van der Waals surface area contributed by atoms with Crippen molar-refractivity contribution in [3.63, 3.8) is 0 Å². The first-order chi connectivity index (χ1) is 37.1. The molecule has 7 aromatic carbocycles. The van der Waals surface area contributed by atoms with Gasteiger partial charge in [0, 0.05) is 12.2 Å². The van der Waals surface area contributed by atoms with Crippen LogP contribution in [-0.4, -0.2) is 71.9 Å². The van der Waals surface area contributed by atoms with Crippen LogP contribution in [0.4, 0.5) is 0 Å². The summed E-state index contributed by atoms with van der Waals surface area (Å²) in [7, 11) is 0. The van der Waals surface area contributed by atoms with Crippen molar-refractivity contribution in [3.8, 4) is 0 Å². The standard InChI is InChI=1S/C64H64N4O6S2/c1-46(2)59-62(73)65-44-58(70)74-54(40-24-25-41-75-63(48-28-12-4-13-29-48,49-30-14-5-15-31-49)50-32-16-6-17-33-50)43-57(69)66-55(42-47-26-10-3-11-27-47)60(71)67-56(61(72)68-59)45-76-64(51-34-18-7-19-35-51,52-36-20-8-21-37-52)53-38-22-9-23-39-53/h3-24,26-40,46,54-56,59H,25,41-45H2,1-2H3,(H,65,73)(H,66,69)(H,67,71)(H,68,72)/b40-24+/t54-,55-,56-,59-/m1/s1. The predicted molar refractivity (Wildman–Crippen MR) is 305 cm³/mol. The summed E-state index contributed by atoms with van der Waals surface area (Å²) in [5.41, 5.74) is 7.04. The molecular weight excluding hydrogens is 985 g/mol. The molecule has 1 fully saturated rings. The van der Waals surface area contributed by atoms with Gasteiger partial charge in [0.2, 0.25) is 23.6 Å². The van der Waals surface area contributed by atoms with E-state index in [1.807, 2.05) is 109 Å². The van der Waals surface area contributed by atoms with Gasteiger partial charge < -0.3 is 26.0 Å². The maximum absolute atomic E-state index is 14.9. The minimum absolute atomic E-state index is 0.0509. The zero-order chi connectivity index (χ0) is 53.2. The number of carbonyl (C=O) groups is 5. The largest absolute Gasteiger partial charge is 0.456 e. The van der Waals surface area contributed by atoms with Gasteiger partial charge in [-0.05, 0) is 63.1 Å². The number of amides is 4. The molecule has 1 aliphatic rings. The van der Waals surface area contributed by atoms with Crippen molar-refractivity contribution < 1.29 is 28.7 Å². The van der Waals surface area contributed by atoms with Crippen LogP contribution in [0.25, 0.3) is 0 Å². The van der Waals surface area contributed by atoms with E-state index < -0.39 is 75.8 Å². The first-order valence-corrected chi connectivity index (χ1v) is 27.7. The third-order valence-corrected chi connectivity index (χ3v) is 16.6. The SMILES string of the molecule is CC(C)[C@H]1NC(=O)[C@@H](CSC(c2ccccc2)(c2ccccc2)c2ccccc2)NC(=O)[C@@H](Cc2ccccc2)NC(=O)C[C@@H](/C=C/CCSC(c2ccccc2)(c2ccccc2)c2ccccc2)OC(=O)CNC1=O. The molecule has 12 heteroatoms. The summed E-state index contributed by atoms with van der Waals surface area (Å²) in [6.07, 6.45) is 2.90. The van der Waals surface area contributed by atoms with Gasteiger partial charge in [-0.2, -0.15) is 0 Å². The Hall–Kier alpha value is -7.67. The minimum Gasteiger partial charge on any atom is -0.456 e. The Kier molecular flexibility index (Phi) is 19.2. The average molecular weight is 1050 g/mol. The van der Waals surface area contributed by atoms with E-state index in [1.165, 1.54) is 11.8 Å². The Balaban J connectivity index is 1.09. The molecule has 76 heavy (non-hydrogen) atoms. The van der Waals surface area contributed by atoms with E-state index >= 15 is 0 Å². The third kappa shape index (κ3) is 13.6. The van der Waals surface area contributed by atoms with Gasteiger partial charge in [-0.25, -0.2) is 0 Å². The molecule has 10 nitrogen and oxygen atoms in total. The van der Waals surface area contributed by atoms with Gasteiger partial charge in [0.15, 0.2) is 0 Å². The number of hydrogen-bond donors (Lipinski definition) is 4. The summed E-state index contributed by atoms with van der Waals surface area (Å²) in [4.78, 5) is 71.6. The lowest BCUT2D eigenvalue weighted by Crippen LogP contribution is -2.59. The Morgan fingerprint density at radius 1 is 0.513 bits per heavy atom. The number of esters is 1. The van der Waals surface area contributed by atoms with Crippen molar-refractivity contribution in [2.45, 2.75) is 66.8 Å². The molecule has 0 radical (unpaired) electrons. The van der Waals surface area contributed by atoms with Crippen LogP contribution in [0.1, 0.15) is 65.6 Å². The molecule has 1 heterocycles. The molecule has 0 aromatic heterocycles. The molecule has 4 N–H and O–H groups in total. The highest BCUT2D eigenvalue weighted by Gasteiger charge is 2.41. The molecule has 1 saturated heterocycles. The first-order valence-electron chi connectivity index (χ1n) is 25.8. The second-order valence-electron chi connectivity index (χ2n) is 19.0. The summed E-state index contributed by atoms with van der Waals surface area (Å²) in [6.45, 7) is 3.08. The van der Waals surface area contributed by atoms with E-state index in [0.29, 0.717) is 12.2 Å². The number of carbonyl (C=O) groups excluding carboxylic acids is 5. The minimum atomic E-state index is -1.20. The normalized spacial score (nSPS) is 18.3. The monoisotopic (exact) mass is 1050 g/mol. The van der Waals surface area contributed by atoms with Crippen LogP contribution in [0.3, 0.4) is 0 Å². The lowest BCUT2D eigenvalue weighted by Gasteiger charge is -2.37. The average Bonchev–Trinajstić information content (AvgIpc) is 3.47. The Morgan fingerprint density at radius 2 is 0.921 bits per heavy atom. The number of cyclic esters (lactones) is 1. The van der Waals surface area contributed by atoms with E-state index in [1.54, 1.807) is 31.7 Å². The number of hydrogen-bond acceptors (Lipinski definition) is 8. The molecule has 388 valence electrons. The number of nitrogens with one attached hydrogen (secondary N) is 4. The molecule has 0 aliphatic carbocycles. The molecule has 4 amide bonds. The lowest BCUT2D eigenvalue weighted by molar-refractivity contribution is -0.148. The van der Waals surface area contributed by atoms with Crippen LogP contribution in [0.15, 0.2) is 224 Å². The second-order valence-corrected chi connectivity index (χ2v) is 21.5. The van der Waals surface area contributed by atoms with Crippen molar-refractivity contribution >= 4 is 53.1 Å². The van der Waals surface area contributed by atoms with E-state index in [4.69, 9.17) is 4.74 Å². The van der Waals surface area contributed by atoms with Crippen LogP contribution in [-0.2, 0) is 44.6 Å². The van der Waals surface area contributed by atoms with Crippen molar-refractivity contribution in [2.24, 2.45) is 5.92 Å². The fourth-order valence-electron chi connectivity index (χ4n) is 9.64. The summed E-state index contributed by atoms with van der Waals surface area (Å²) in [5, 5.41) is 11.6. The zero-order valence-corrected chi connectivity index (χ0v) is 44.4. The van der Waals surface area contributed by atoms with Crippen LogP contribution >= 0.6 is 23.5 Å². The van der Waals surface area contributed by atoms with Gasteiger partial charge in [-0.15, -0.1) is 23.5 Å². The Labute approximate surface area is 454 Å². The quantitative estimate of drug-likeness (QED) is 0.0306. The molecule has 0 saturated carbocycles. The van der Waals surface area contributed by atoms with Crippen molar-refractivity contribution in [2.75, 3.05) is 18.1 Å². The van der Waals surface area contributed by atoms with Gasteiger partial charge in [-0.3, -0.25) is 24.0 Å². The summed E-state index contributed by atoms with van der Waals surface area (Å²) >= 11 is 3.27. The van der Waals surface area contributed by atoms with Crippen LogP contribution in [0.5, 0.6) is 0 Å².